The van der Waals surface area contributed by atoms with Gasteiger partial charge < -0.3 is 0 Å². The number of hydrogen-bond donors (Lipinski definition) is 0. The second kappa shape index (κ2) is 5.80. The average Bonchev–Trinajstić information content (AvgIpc) is 2.81. The summed E-state index contributed by atoms with van der Waals surface area (Å²) in [5.41, 5.74) is 1.24. The van der Waals surface area contributed by atoms with Crippen molar-refractivity contribution in [3.8, 4) is 10.4 Å². The molecule has 17 heavy (non-hydrogen) atoms. The number of rotatable bonds is 3. The van der Waals surface area contributed by atoms with Crippen LogP contribution in [0.1, 0.15) is 13.8 Å². The van der Waals surface area contributed by atoms with E-state index in [9.17, 15) is 0 Å². The van der Waals surface area contributed by atoms with Crippen LogP contribution in [0.25, 0.3) is 10.4 Å². The van der Waals surface area contributed by atoms with E-state index >= 15 is 0 Å². The average molecular weight is 285 g/mol. The fourth-order valence-electron chi connectivity index (χ4n) is 1.61. The highest BCUT2D eigenvalue weighted by atomic mass is 35.5. The van der Waals surface area contributed by atoms with Gasteiger partial charge in [0.2, 0.25) is 0 Å². The van der Waals surface area contributed by atoms with E-state index in [1.807, 2.05) is 34.8 Å². The Hall–Kier alpha value is -0.640. The van der Waals surface area contributed by atoms with Crippen molar-refractivity contribution in [2.75, 3.05) is 13.1 Å². The molecule has 0 fully saturated rings. The summed E-state index contributed by atoms with van der Waals surface area (Å²) in [5, 5.41) is 3.01. The van der Waals surface area contributed by atoms with Crippen molar-refractivity contribution >= 4 is 34.3 Å². The molecule has 0 unspecified atom stereocenters. The van der Waals surface area contributed by atoms with Crippen LogP contribution in [0.5, 0.6) is 0 Å². The molecule has 1 heterocycles. The third-order valence-electron chi connectivity index (χ3n) is 2.61. The Balaban J connectivity index is 2.42. The van der Waals surface area contributed by atoms with Crippen molar-refractivity contribution in [2.45, 2.75) is 13.8 Å². The van der Waals surface area contributed by atoms with Gasteiger partial charge in [-0.2, -0.15) is 0 Å². The van der Waals surface area contributed by atoms with Gasteiger partial charge >= 0.3 is 3.98 Å². The van der Waals surface area contributed by atoms with Gasteiger partial charge in [-0.3, -0.25) is 0 Å². The van der Waals surface area contributed by atoms with Gasteiger partial charge in [0, 0.05) is 10.4 Å². The normalized spacial score (nSPS) is 10.5. The molecule has 0 aliphatic rings. The number of halogens is 1. The largest absolute Gasteiger partial charge is 0.314 e. The first-order chi connectivity index (χ1) is 8.24. The van der Waals surface area contributed by atoms with Gasteiger partial charge in [0.05, 0.1) is 4.88 Å². The molecule has 0 bridgehead atoms. The van der Waals surface area contributed by atoms with Gasteiger partial charge in [-0.1, -0.05) is 46.4 Å². The minimum atomic E-state index is 0.790. The van der Waals surface area contributed by atoms with E-state index in [0.717, 1.165) is 18.1 Å². The van der Waals surface area contributed by atoms with Crippen LogP contribution >= 0.6 is 34.3 Å². The minimum absolute atomic E-state index is 0.790. The highest BCUT2D eigenvalue weighted by Gasteiger charge is 2.06. The predicted molar refractivity (Wildman–Crippen MR) is 79.0 cm³/mol. The van der Waals surface area contributed by atoms with Crippen LogP contribution in [0, 0.1) is 0 Å². The Morgan fingerprint density at radius 3 is 2.35 bits per heavy atom. The van der Waals surface area contributed by atoms with Crippen molar-refractivity contribution in [3.63, 3.8) is 0 Å². The summed E-state index contributed by atoms with van der Waals surface area (Å²) in [6.45, 7) is 6.51. The fraction of sp³-hybridized carbons (Fsp3) is 0.308. The molecule has 1 aromatic carbocycles. The molecule has 90 valence electrons. The van der Waals surface area contributed by atoms with Gasteiger partial charge in [-0.05, 0) is 31.5 Å². The summed E-state index contributed by atoms with van der Waals surface area (Å²) in [7, 11) is 0. The standard InChI is InChI=1S/C13H15ClNS2/c1-3-15(4-2)13-16-9-12(17-13)10-5-7-11(14)8-6-10/h5-9H,3-4H2,1-2H3/q+1. The molecule has 0 radical (unpaired) electrons. The molecule has 0 N–H and O–H groups in total. The summed E-state index contributed by atoms with van der Waals surface area (Å²) in [6.07, 6.45) is 0. The molecule has 0 spiro atoms. The van der Waals surface area contributed by atoms with Crippen LogP contribution < -0.4 is 8.56 Å². The summed E-state index contributed by atoms with van der Waals surface area (Å²) >= 11 is 9.57. The molecule has 0 saturated carbocycles. The predicted octanol–water partition coefficient (Wildman–Crippen LogP) is 3.94. The van der Waals surface area contributed by atoms with Gasteiger partial charge in [0.25, 0.3) is 0 Å². The molecule has 1 aromatic heterocycles. The molecule has 0 aliphatic heterocycles. The Morgan fingerprint density at radius 2 is 1.76 bits per heavy atom. The van der Waals surface area contributed by atoms with Crippen molar-refractivity contribution in [2.24, 2.45) is 0 Å². The van der Waals surface area contributed by atoms with Crippen molar-refractivity contribution in [3.05, 3.63) is 38.7 Å². The van der Waals surface area contributed by atoms with E-state index in [1.165, 1.54) is 14.4 Å². The number of nitrogens with zero attached hydrogens (tertiary/aromatic N) is 1. The summed E-state index contributed by atoms with van der Waals surface area (Å²) in [5.74, 6) is 0. The SMILES string of the molecule is CC[N+](CC)=c1scc(-c2ccc(Cl)cc2)s1. The molecule has 1 nitrogen and oxygen atoms in total. The zero-order chi connectivity index (χ0) is 12.3. The van der Waals surface area contributed by atoms with Crippen LogP contribution in [0.15, 0.2) is 29.6 Å². The summed E-state index contributed by atoms with van der Waals surface area (Å²) < 4.78 is 3.76. The first-order valence-electron chi connectivity index (χ1n) is 5.67. The van der Waals surface area contributed by atoms with Crippen molar-refractivity contribution in [1.82, 2.24) is 4.58 Å². The second-order valence-electron chi connectivity index (χ2n) is 3.65. The molecular weight excluding hydrogens is 270 g/mol. The van der Waals surface area contributed by atoms with E-state index in [1.54, 1.807) is 0 Å². The van der Waals surface area contributed by atoms with E-state index in [-0.39, 0.29) is 0 Å². The lowest BCUT2D eigenvalue weighted by Crippen LogP contribution is -2.25. The summed E-state index contributed by atoms with van der Waals surface area (Å²) in [4.78, 5) is 1.31. The minimum Gasteiger partial charge on any atom is -0.213 e. The monoisotopic (exact) mass is 284 g/mol. The van der Waals surface area contributed by atoms with E-state index in [4.69, 9.17) is 11.6 Å². The van der Waals surface area contributed by atoms with E-state index in [2.05, 4.69) is 35.9 Å². The molecule has 0 amide bonds. The molecule has 2 aromatic rings. The maximum absolute atomic E-state index is 5.90. The lowest BCUT2D eigenvalue weighted by atomic mass is 10.2. The van der Waals surface area contributed by atoms with Gasteiger partial charge in [0.1, 0.15) is 13.1 Å². The highest BCUT2D eigenvalue weighted by molar-refractivity contribution is 7.28. The molecule has 0 atom stereocenters. The third-order valence-corrected chi connectivity index (χ3v) is 5.37. The molecule has 0 saturated heterocycles. The lowest BCUT2D eigenvalue weighted by Gasteiger charge is -1.95. The lowest BCUT2D eigenvalue weighted by molar-refractivity contribution is 0.643. The Labute approximate surface area is 115 Å². The Bertz CT molecular complexity index is 545. The van der Waals surface area contributed by atoms with Gasteiger partial charge in [0.15, 0.2) is 0 Å². The Kier molecular flexibility index (Phi) is 4.37. The van der Waals surface area contributed by atoms with Gasteiger partial charge in [-0.25, -0.2) is 4.58 Å². The number of benzene rings is 1. The van der Waals surface area contributed by atoms with Crippen LogP contribution in [-0.4, -0.2) is 13.1 Å². The van der Waals surface area contributed by atoms with E-state index < -0.39 is 0 Å². The second-order valence-corrected chi connectivity index (χ2v) is 6.23. The Morgan fingerprint density at radius 1 is 1.12 bits per heavy atom. The fourth-order valence-corrected chi connectivity index (χ4v) is 4.26. The first kappa shape index (κ1) is 12.8. The highest BCUT2D eigenvalue weighted by Crippen LogP contribution is 2.25. The zero-order valence-electron chi connectivity index (χ0n) is 9.94. The molecular formula is C13H15ClNS2+. The molecule has 2 rings (SSSR count). The zero-order valence-corrected chi connectivity index (χ0v) is 12.3. The maximum atomic E-state index is 5.90. The maximum Gasteiger partial charge on any atom is 0.314 e. The van der Waals surface area contributed by atoms with Crippen LogP contribution in [-0.2, 0) is 0 Å². The first-order valence-corrected chi connectivity index (χ1v) is 7.74. The van der Waals surface area contributed by atoms with Crippen LogP contribution in [0.2, 0.25) is 5.02 Å². The van der Waals surface area contributed by atoms with E-state index in [0.29, 0.717) is 0 Å². The quantitative estimate of drug-likeness (QED) is 0.751. The van der Waals surface area contributed by atoms with Gasteiger partial charge in [-0.15, -0.1) is 0 Å². The van der Waals surface area contributed by atoms with Crippen molar-refractivity contribution < 1.29 is 0 Å². The van der Waals surface area contributed by atoms with Crippen LogP contribution in [0.3, 0.4) is 0 Å². The molecule has 4 heteroatoms. The summed E-state index contributed by atoms with van der Waals surface area (Å²) in [6, 6.07) is 8.04. The molecule has 0 aliphatic carbocycles. The topological polar surface area (TPSA) is 3.01 Å². The van der Waals surface area contributed by atoms with Crippen LogP contribution in [0.4, 0.5) is 0 Å². The smallest absolute Gasteiger partial charge is 0.213 e. The third kappa shape index (κ3) is 2.97. The number of hydrogen-bond acceptors (Lipinski definition) is 2. The van der Waals surface area contributed by atoms with Crippen molar-refractivity contribution in [1.29, 1.82) is 0 Å².